The summed E-state index contributed by atoms with van der Waals surface area (Å²) in [7, 11) is 0. The number of anilines is 1. The van der Waals surface area contributed by atoms with Crippen LogP contribution in [0.1, 0.15) is 18.0 Å². The number of nitrogens with one attached hydrogen (secondary N) is 1. The van der Waals surface area contributed by atoms with Gasteiger partial charge in [-0.1, -0.05) is 6.07 Å². The fourth-order valence-electron chi connectivity index (χ4n) is 2.27. The highest BCUT2D eigenvalue weighted by molar-refractivity contribution is 5.34. The molecule has 0 radical (unpaired) electrons. The molecule has 5 heteroatoms. The lowest BCUT2D eigenvalue weighted by atomic mass is 10.0. The minimum absolute atomic E-state index is 0.119. The first-order valence-electron chi connectivity index (χ1n) is 5.48. The Morgan fingerprint density at radius 3 is 2.82 bits per heavy atom. The average Bonchev–Trinajstić information content (AvgIpc) is 2.77. The first-order valence-corrected chi connectivity index (χ1v) is 5.48. The topological polar surface area (TPSA) is 29.9 Å². The van der Waals surface area contributed by atoms with Crippen LogP contribution in [0, 0.1) is 11.6 Å². The summed E-state index contributed by atoms with van der Waals surface area (Å²) in [4.78, 5) is 4.10. The lowest BCUT2D eigenvalue weighted by molar-refractivity contribution is 0.462. The number of halogens is 2. The molecule has 3 rings (SSSR count). The summed E-state index contributed by atoms with van der Waals surface area (Å²) < 4.78 is 29.3. The maximum Gasteiger partial charge on any atom is 0.203 e. The number of nitrogens with zero attached hydrogens (tertiary/aromatic N) is 2. The molecule has 0 fully saturated rings. The second-order valence-corrected chi connectivity index (χ2v) is 4.02. The Morgan fingerprint density at radius 2 is 2.06 bits per heavy atom. The molecule has 1 aliphatic rings. The third kappa shape index (κ3) is 1.58. The lowest BCUT2D eigenvalue weighted by Gasteiger charge is -2.26. The standard InChI is InChI=1S/C12H11F2N3/c13-8-2-1-3-9(14)11(8)10-4-5-15-12-16-6-7-17(10)12/h1-3,6-7,10H,4-5H2,(H,15,16). The van der Waals surface area contributed by atoms with Crippen LogP contribution in [-0.4, -0.2) is 16.1 Å². The second kappa shape index (κ2) is 3.84. The molecule has 0 aliphatic carbocycles. The molecule has 0 saturated carbocycles. The van der Waals surface area contributed by atoms with Gasteiger partial charge in [-0.25, -0.2) is 13.8 Å². The Balaban J connectivity index is 2.13. The first-order chi connectivity index (χ1) is 8.27. The molecule has 0 amide bonds. The SMILES string of the molecule is Fc1cccc(F)c1C1CCNc2nccn21. The Hall–Kier alpha value is -1.91. The number of rotatable bonds is 1. The van der Waals surface area contributed by atoms with Crippen molar-refractivity contribution >= 4 is 5.95 Å². The quantitative estimate of drug-likeness (QED) is 0.823. The van der Waals surface area contributed by atoms with Gasteiger partial charge in [0, 0.05) is 24.5 Å². The number of hydrogen-bond donors (Lipinski definition) is 1. The highest BCUT2D eigenvalue weighted by Crippen LogP contribution is 2.31. The van der Waals surface area contributed by atoms with Gasteiger partial charge in [0.1, 0.15) is 11.6 Å². The molecular formula is C12H11F2N3. The van der Waals surface area contributed by atoms with Crippen LogP contribution in [0.15, 0.2) is 30.6 Å². The van der Waals surface area contributed by atoms with E-state index in [1.54, 1.807) is 17.0 Å². The lowest BCUT2D eigenvalue weighted by Crippen LogP contribution is -2.24. The van der Waals surface area contributed by atoms with Crippen LogP contribution in [0.3, 0.4) is 0 Å². The number of imidazole rings is 1. The van der Waals surface area contributed by atoms with E-state index in [2.05, 4.69) is 10.3 Å². The van der Waals surface area contributed by atoms with Gasteiger partial charge in [-0.3, -0.25) is 0 Å². The van der Waals surface area contributed by atoms with E-state index in [9.17, 15) is 8.78 Å². The first kappa shape index (κ1) is 10.3. The van der Waals surface area contributed by atoms with Crippen molar-refractivity contribution < 1.29 is 8.78 Å². The van der Waals surface area contributed by atoms with E-state index < -0.39 is 11.6 Å². The molecule has 17 heavy (non-hydrogen) atoms. The largest absolute Gasteiger partial charge is 0.356 e. The summed E-state index contributed by atoms with van der Waals surface area (Å²) in [5.74, 6) is -0.350. The van der Waals surface area contributed by atoms with Crippen molar-refractivity contribution in [2.75, 3.05) is 11.9 Å². The summed E-state index contributed by atoms with van der Waals surface area (Å²) in [6.45, 7) is 0.662. The van der Waals surface area contributed by atoms with Gasteiger partial charge in [-0.05, 0) is 18.6 Å². The highest BCUT2D eigenvalue weighted by atomic mass is 19.1. The fourth-order valence-corrected chi connectivity index (χ4v) is 2.27. The van der Waals surface area contributed by atoms with Gasteiger partial charge in [0.2, 0.25) is 5.95 Å². The molecular weight excluding hydrogens is 224 g/mol. The molecule has 2 aromatic rings. The molecule has 2 heterocycles. The van der Waals surface area contributed by atoms with Gasteiger partial charge in [-0.15, -0.1) is 0 Å². The van der Waals surface area contributed by atoms with Crippen LogP contribution in [0.2, 0.25) is 0 Å². The van der Waals surface area contributed by atoms with Crippen LogP contribution < -0.4 is 5.32 Å². The van der Waals surface area contributed by atoms with E-state index in [0.717, 1.165) is 0 Å². The Labute approximate surface area is 97.1 Å². The van der Waals surface area contributed by atoms with Crippen LogP contribution in [0.5, 0.6) is 0 Å². The minimum Gasteiger partial charge on any atom is -0.356 e. The predicted octanol–water partition coefficient (Wildman–Crippen LogP) is 2.57. The Kier molecular flexibility index (Phi) is 2.31. The maximum absolute atomic E-state index is 13.7. The zero-order valence-electron chi connectivity index (χ0n) is 9.03. The third-order valence-electron chi connectivity index (χ3n) is 3.04. The number of aromatic nitrogens is 2. The molecule has 1 unspecified atom stereocenters. The molecule has 0 saturated heterocycles. The second-order valence-electron chi connectivity index (χ2n) is 4.02. The van der Waals surface area contributed by atoms with Crippen LogP contribution >= 0.6 is 0 Å². The van der Waals surface area contributed by atoms with Gasteiger partial charge in [0.05, 0.1) is 6.04 Å². The molecule has 1 aliphatic heterocycles. The van der Waals surface area contributed by atoms with Gasteiger partial charge in [0.25, 0.3) is 0 Å². The van der Waals surface area contributed by atoms with E-state index in [-0.39, 0.29) is 11.6 Å². The van der Waals surface area contributed by atoms with E-state index >= 15 is 0 Å². The summed E-state index contributed by atoms with van der Waals surface area (Å²) >= 11 is 0. The molecule has 1 aromatic heterocycles. The molecule has 0 spiro atoms. The average molecular weight is 235 g/mol. The van der Waals surface area contributed by atoms with Crippen LogP contribution in [0.25, 0.3) is 0 Å². The normalized spacial score (nSPS) is 18.6. The molecule has 3 nitrogen and oxygen atoms in total. The van der Waals surface area contributed by atoms with Crippen molar-refractivity contribution in [2.24, 2.45) is 0 Å². The molecule has 0 bridgehead atoms. The Bertz CT molecular complexity index is 530. The fraction of sp³-hybridized carbons (Fsp3) is 0.250. The Morgan fingerprint density at radius 1 is 1.29 bits per heavy atom. The highest BCUT2D eigenvalue weighted by Gasteiger charge is 2.26. The maximum atomic E-state index is 13.7. The van der Waals surface area contributed by atoms with Crippen LogP contribution in [-0.2, 0) is 0 Å². The van der Waals surface area contributed by atoms with Gasteiger partial charge in [0.15, 0.2) is 0 Å². The van der Waals surface area contributed by atoms with Crippen molar-refractivity contribution in [3.8, 4) is 0 Å². The summed E-state index contributed by atoms with van der Waals surface area (Å²) in [6.07, 6.45) is 4.00. The summed E-state index contributed by atoms with van der Waals surface area (Å²) in [5.41, 5.74) is 0.119. The van der Waals surface area contributed by atoms with Crippen molar-refractivity contribution in [3.63, 3.8) is 0 Å². The number of fused-ring (bicyclic) bond motifs is 1. The smallest absolute Gasteiger partial charge is 0.203 e. The monoisotopic (exact) mass is 235 g/mol. The van der Waals surface area contributed by atoms with E-state index in [1.807, 2.05) is 0 Å². The van der Waals surface area contributed by atoms with Gasteiger partial charge >= 0.3 is 0 Å². The van der Waals surface area contributed by atoms with Crippen molar-refractivity contribution in [1.82, 2.24) is 9.55 Å². The number of benzene rings is 1. The third-order valence-corrected chi connectivity index (χ3v) is 3.04. The van der Waals surface area contributed by atoms with Crippen LogP contribution in [0.4, 0.5) is 14.7 Å². The van der Waals surface area contributed by atoms with Crippen molar-refractivity contribution in [2.45, 2.75) is 12.5 Å². The van der Waals surface area contributed by atoms with Gasteiger partial charge < -0.3 is 9.88 Å². The molecule has 1 N–H and O–H groups in total. The predicted molar refractivity (Wildman–Crippen MR) is 59.8 cm³/mol. The summed E-state index contributed by atoms with van der Waals surface area (Å²) in [5, 5.41) is 3.09. The molecule has 1 atom stereocenters. The van der Waals surface area contributed by atoms with Crippen molar-refractivity contribution in [1.29, 1.82) is 0 Å². The zero-order valence-corrected chi connectivity index (χ0v) is 9.03. The number of hydrogen-bond acceptors (Lipinski definition) is 2. The van der Waals surface area contributed by atoms with E-state index in [4.69, 9.17) is 0 Å². The molecule has 88 valence electrons. The summed E-state index contributed by atoms with van der Waals surface area (Å²) in [6, 6.07) is 3.63. The molecule has 1 aromatic carbocycles. The van der Waals surface area contributed by atoms with Gasteiger partial charge in [-0.2, -0.15) is 0 Å². The van der Waals surface area contributed by atoms with E-state index in [1.165, 1.54) is 18.2 Å². The minimum atomic E-state index is -0.503. The zero-order chi connectivity index (χ0) is 11.8. The van der Waals surface area contributed by atoms with Crippen molar-refractivity contribution in [3.05, 3.63) is 47.8 Å². The van der Waals surface area contributed by atoms with E-state index in [0.29, 0.717) is 18.9 Å².